The van der Waals surface area contributed by atoms with E-state index in [1.165, 1.54) is 0 Å². The summed E-state index contributed by atoms with van der Waals surface area (Å²) in [5, 5.41) is 0. The van der Waals surface area contributed by atoms with Gasteiger partial charge in [-0.15, -0.1) is 0 Å². The Bertz CT molecular complexity index is 164. The Morgan fingerprint density at radius 1 is 1.36 bits per heavy atom. The van der Waals surface area contributed by atoms with Crippen LogP contribution in [0.2, 0.25) is 0 Å². The maximum atomic E-state index is 11.8. The van der Waals surface area contributed by atoms with Gasteiger partial charge < -0.3 is 4.89 Å². The molecule has 1 atom stereocenters. The molecule has 0 saturated heterocycles. The predicted octanol–water partition coefficient (Wildman–Crippen LogP) is 1.73. The van der Waals surface area contributed by atoms with E-state index in [-0.39, 0.29) is 0 Å². The van der Waals surface area contributed by atoms with Gasteiger partial charge in [-0.25, -0.2) is 0 Å². The van der Waals surface area contributed by atoms with Gasteiger partial charge in [0, 0.05) is 0 Å². The van der Waals surface area contributed by atoms with Crippen molar-refractivity contribution in [3.8, 4) is 0 Å². The number of hydrogen-bond donors (Lipinski definition) is 1. The summed E-state index contributed by atoms with van der Waals surface area (Å²) < 4.78 is 49.2. The average Bonchev–Trinajstić information content (AvgIpc) is 1.56. The molecular formula is C4H8F3O3P. The molecule has 0 aliphatic carbocycles. The predicted molar refractivity (Wildman–Crippen MR) is 32.4 cm³/mol. The molecule has 1 unspecified atom stereocenters. The molecule has 0 saturated carbocycles. The van der Waals surface area contributed by atoms with E-state index in [0.29, 0.717) is 13.8 Å². The Hall–Kier alpha value is -0.0600. The van der Waals surface area contributed by atoms with Crippen molar-refractivity contribution in [1.29, 1.82) is 0 Å². The highest BCUT2D eigenvalue weighted by atomic mass is 31.1. The van der Waals surface area contributed by atoms with E-state index in [2.05, 4.69) is 4.52 Å². The van der Waals surface area contributed by atoms with Crippen LogP contribution in [0.25, 0.3) is 0 Å². The Labute approximate surface area is 62.1 Å². The van der Waals surface area contributed by atoms with E-state index >= 15 is 0 Å². The molecule has 0 aromatic carbocycles. The van der Waals surface area contributed by atoms with E-state index in [1.54, 1.807) is 0 Å². The number of hydrogen-bond acceptors (Lipinski definition) is 2. The molecule has 11 heavy (non-hydrogen) atoms. The molecule has 0 aromatic heterocycles. The van der Waals surface area contributed by atoms with Crippen LogP contribution < -0.4 is 0 Å². The fourth-order valence-corrected chi connectivity index (χ4v) is 0.828. The van der Waals surface area contributed by atoms with Crippen LogP contribution in [0.1, 0.15) is 13.8 Å². The van der Waals surface area contributed by atoms with Gasteiger partial charge in [-0.1, -0.05) is 0 Å². The lowest BCUT2D eigenvalue weighted by Gasteiger charge is -2.25. The third-order valence-corrected chi connectivity index (χ3v) is 1.71. The molecule has 3 nitrogen and oxygen atoms in total. The zero-order valence-corrected chi connectivity index (χ0v) is 6.90. The second kappa shape index (κ2) is 3.13. The zero-order valence-electron chi connectivity index (χ0n) is 5.90. The van der Waals surface area contributed by atoms with E-state index < -0.39 is 20.0 Å². The largest absolute Gasteiger partial charge is 0.417 e. The van der Waals surface area contributed by atoms with Gasteiger partial charge in [0.25, 0.3) is 0 Å². The first-order chi connectivity index (χ1) is 4.67. The minimum absolute atomic E-state index is 0.686. The molecule has 0 aliphatic rings. The summed E-state index contributed by atoms with van der Waals surface area (Å²) in [7, 11) is -3.54. The van der Waals surface area contributed by atoms with Crippen molar-refractivity contribution in [2.75, 3.05) is 0 Å². The average molecular weight is 192 g/mol. The molecule has 0 bridgehead atoms. The van der Waals surface area contributed by atoms with Gasteiger partial charge in [-0.3, -0.25) is 9.09 Å². The Morgan fingerprint density at radius 3 is 1.82 bits per heavy atom. The quantitative estimate of drug-likeness (QED) is 0.677. The first-order valence-electron chi connectivity index (χ1n) is 2.65. The van der Waals surface area contributed by atoms with Gasteiger partial charge in [0.05, 0.1) is 0 Å². The highest BCUT2D eigenvalue weighted by Gasteiger charge is 2.49. The van der Waals surface area contributed by atoms with Crippen LogP contribution in [0.5, 0.6) is 0 Å². The van der Waals surface area contributed by atoms with Crippen molar-refractivity contribution < 1.29 is 27.2 Å². The second-order valence-electron chi connectivity index (χ2n) is 2.38. The van der Waals surface area contributed by atoms with Crippen LogP contribution in [0.15, 0.2) is 0 Å². The first kappa shape index (κ1) is 10.9. The Morgan fingerprint density at radius 2 is 1.73 bits per heavy atom. The molecular weight excluding hydrogens is 184 g/mol. The van der Waals surface area contributed by atoms with Crippen LogP contribution in [0, 0.1) is 0 Å². The van der Waals surface area contributed by atoms with Gasteiger partial charge >= 0.3 is 14.4 Å². The topological polar surface area (TPSA) is 46.5 Å². The maximum absolute atomic E-state index is 11.8. The highest BCUT2D eigenvalue weighted by Crippen LogP contribution is 2.38. The van der Waals surface area contributed by atoms with Crippen LogP contribution in [-0.4, -0.2) is 16.7 Å². The van der Waals surface area contributed by atoms with Crippen LogP contribution >= 0.6 is 8.25 Å². The van der Waals surface area contributed by atoms with Crippen molar-refractivity contribution in [2.45, 2.75) is 25.6 Å². The van der Waals surface area contributed by atoms with Crippen molar-refractivity contribution in [3.63, 3.8) is 0 Å². The fourth-order valence-electron chi connectivity index (χ4n) is 0.276. The zero-order chi connectivity index (χ0) is 9.28. The summed E-state index contributed by atoms with van der Waals surface area (Å²) in [6.45, 7) is 1.37. The minimum Gasteiger partial charge on any atom is -0.326 e. The molecule has 7 heteroatoms. The molecule has 0 amide bonds. The molecule has 68 valence electrons. The summed E-state index contributed by atoms with van der Waals surface area (Å²) >= 11 is 0. The van der Waals surface area contributed by atoms with E-state index in [4.69, 9.17) is 4.89 Å². The third-order valence-electron chi connectivity index (χ3n) is 1.03. The SMILES string of the molecule is CC(C)(O[PH](=O)O)C(F)(F)F. The monoisotopic (exact) mass is 192 g/mol. The normalized spacial score (nSPS) is 16.5. The lowest BCUT2D eigenvalue weighted by molar-refractivity contribution is -0.234. The summed E-state index contributed by atoms with van der Waals surface area (Å²) in [5.41, 5.74) is -2.56. The van der Waals surface area contributed by atoms with Crippen molar-refractivity contribution in [1.82, 2.24) is 0 Å². The summed E-state index contributed by atoms with van der Waals surface area (Å²) in [6.07, 6.45) is -4.63. The molecule has 1 N–H and O–H groups in total. The van der Waals surface area contributed by atoms with Crippen molar-refractivity contribution in [3.05, 3.63) is 0 Å². The highest BCUT2D eigenvalue weighted by molar-refractivity contribution is 7.32. The van der Waals surface area contributed by atoms with Crippen molar-refractivity contribution in [2.24, 2.45) is 0 Å². The van der Waals surface area contributed by atoms with Gasteiger partial charge in [0.15, 0.2) is 5.60 Å². The maximum Gasteiger partial charge on any atom is 0.417 e. The Balaban J connectivity index is 4.34. The van der Waals surface area contributed by atoms with Crippen LogP contribution in [0.3, 0.4) is 0 Å². The number of rotatable bonds is 2. The summed E-state index contributed by atoms with van der Waals surface area (Å²) in [5.74, 6) is 0. The van der Waals surface area contributed by atoms with Gasteiger partial charge in [0.2, 0.25) is 0 Å². The Kier molecular flexibility index (Phi) is 3.11. The molecule has 0 rings (SSSR count). The molecule has 0 spiro atoms. The van der Waals surface area contributed by atoms with Gasteiger partial charge in [0.1, 0.15) is 0 Å². The van der Waals surface area contributed by atoms with E-state index in [0.717, 1.165) is 0 Å². The number of halogens is 3. The standard InChI is InChI=1S/C4H8F3O3P/c1-3(2,4(5,6)7)10-11(8)9/h11H,1-2H3,(H,8,9). The summed E-state index contributed by atoms with van der Waals surface area (Å²) in [4.78, 5) is 8.08. The van der Waals surface area contributed by atoms with Crippen LogP contribution in [0.4, 0.5) is 13.2 Å². The lowest BCUT2D eigenvalue weighted by Crippen LogP contribution is -2.40. The third kappa shape index (κ3) is 3.22. The van der Waals surface area contributed by atoms with Crippen LogP contribution in [-0.2, 0) is 9.09 Å². The van der Waals surface area contributed by atoms with Gasteiger partial charge in [-0.05, 0) is 13.8 Å². The fraction of sp³-hybridized carbons (Fsp3) is 1.00. The van der Waals surface area contributed by atoms with E-state index in [1.807, 2.05) is 0 Å². The second-order valence-corrected chi connectivity index (χ2v) is 3.11. The first-order valence-corrected chi connectivity index (χ1v) is 3.92. The smallest absolute Gasteiger partial charge is 0.326 e. The van der Waals surface area contributed by atoms with E-state index in [9.17, 15) is 17.7 Å². The van der Waals surface area contributed by atoms with Crippen molar-refractivity contribution >= 4 is 8.25 Å². The molecule has 0 radical (unpaired) electrons. The lowest BCUT2D eigenvalue weighted by atomic mass is 10.1. The number of alkyl halides is 3. The molecule has 0 heterocycles. The molecule has 0 aromatic rings. The summed E-state index contributed by atoms with van der Waals surface area (Å²) in [6, 6.07) is 0. The molecule has 0 aliphatic heterocycles. The minimum atomic E-state index is -4.63. The van der Waals surface area contributed by atoms with Gasteiger partial charge in [-0.2, -0.15) is 13.2 Å². The molecule has 0 fully saturated rings.